The average molecular weight is 279 g/mol. The van der Waals surface area contributed by atoms with E-state index in [2.05, 4.69) is 0 Å². The van der Waals surface area contributed by atoms with Gasteiger partial charge in [0.05, 0.1) is 0 Å². The van der Waals surface area contributed by atoms with Gasteiger partial charge in [0.2, 0.25) is 5.91 Å². The number of carboxylic acid groups (broad SMARTS) is 1. The molecule has 1 saturated heterocycles. The molecule has 0 saturated carbocycles. The van der Waals surface area contributed by atoms with Crippen LogP contribution in [0, 0.1) is 0 Å². The second-order valence-corrected chi connectivity index (χ2v) is 6.89. The standard InChI is InChI=1S/C14H17NO3S/c1-9(16)15-11(13(17)18)14(2,3)19-12(15)10-7-5-4-6-8-10/h4-8,11-12H,1-3H3,(H,17,18)/t11-,12-/m1/s1. The zero-order valence-corrected chi connectivity index (χ0v) is 12.0. The maximum atomic E-state index is 11.9. The Kier molecular flexibility index (Phi) is 3.58. The molecular weight excluding hydrogens is 262 g/mol. The van der Waals surface area contributed by atoms with Gasteiger partial charge in [-0.15, -0.1) is 11.8 Å². The number of hydrogen-bond donors (Lipinski definition) is 1. The molecule has 0 unspecified atom stereocenters. The van der Waals surface area contributed by atoms with Crippen molar-refractivity contribution in [2.45, 2.75) is 36.9 Å². The van der Waals surface area contributed by atoms with Crippen molar-refractivity contribution in [3.8, 4) is 0 Å². The molecule has 0 spiro atoms. The Balaban J connectivity index is 2.45. The summed E-state index contributed by atoms with van der Waals surface area (Å²) in [5.74, 6) is -1.16. The van der Waals surface area contributed by atoms with Crippen molar-refractivity contribution in [1.82, 2.24) is 4.90 Å². The summed E-state index contributed by atoms with van der Waals surface area (Å²) in [5, 5.41) is 9.18. The lowest BCUT2D eigenvalue weighted by atomic mass is 10.0. The summed E-state index contributed by atoms with van der Waals surface area (Å²) < 4.78 is -0.516. The minimum absolute atomic E-state index is 0.209. The van der Waals surface area contributed by atoms with Crippen LogP contribution < -0.4 is 0 Å². The fraction of sp³-hybridized carbons (Fsp3) is 0.429. The number of nitrogens with zero attached hydrogens (tertiary/aromatic N) is 1. The quantitative estimate of drug-likeness (QED) is 0.903. The van der Waals surface area contributed by atoms with E-state index in [0.29, 0.717) is 0 Å². The molecule has 1 N–H and O–H groups in total. The molecule has 19 heavy (non-hydrogen) atoms. The number of rotatable bonds is 2. The molecule has 2 atom stereocenters. The van der Waals surface area contributed by atoms with E-state index in [1.807, 2.05) is 44.2 Å². The van der Waals surface area contributed by atoms with Crippen LogP contribution in [-0.2, 0) is 9.59 Å². The maximum Gasteiger partial charge on any atom is 0.327 e. The number of carboxylic acids is 1. The van der Waals surface area contributed by atoms with Gasteiger partial charge in [-0.1, -0.05) is 30.3 Å². The highest BCUT2D eigenvalue weighted by Gasteiger charge is 2.52. The molecule has 0 bridgehead atoms. The Morgan fingerprint density at radius 2 is 1.84 bits per heavy atom. The summed E-state index contributed by atoms with van der Waals surface area (Å²) in [6.07, 6.45) is 0. The van der Waals surface area contributed by atoms with Gasteiger partial charge in [-0.2, -0.15) is 0 Å². The van der Waals surface area contributed by atoms with Gasteiger partial charge >= 0.3 is 5.97 Å². The first-order chi connectivity index (χ1) is 8.84. The molecule has 4 nitrogen and oxygen atoms in total. The van der Waals surface area contributed by atoms with Crippen LogP contribution in [0.4, 0.5) is 0 Å². The minimum atomic E-state index is -0.953. The van der Waals surface area contributed by atoms with Crippen molar-refractivity contribution in [2.24, 2.45) is 0 Å². The number of benzene rings is 1. The second-order valence-electron chi connectivity index (χ2n) is 5.15. The van der Waals surface area contributed by atoms with Gasteiger partial charge < -0.3 is 10.0 Å². The molecule has 1 amide bonds. The summed E-state index contributed by atoms with van der Waals surface area (Å²) >= 11 is 1.52. The highest BCUT2D eigenvalue weighted by Crippen LogP contribution is 2.52. The molecule has 1 fully saturated rings. The molecule has 1 aliphatic rings. The van der Waals surface area contributed by atoms with Crippen LogP contribution in [0.15, 0.2) is 30.3 Å². The Labute approximate surface area is 116 Å². The van der Waals surface area contributed by atoms with Crippen LogP contribution in [0.5, 0.6) is 0 Å². The molecule has 1 aromatic rings. The van der Waals surface area contributed by atoms with E-state index in [-0.39, 0.29) is 11.3 Å². The summed E-state index contributed by atoms with van der Waals surface area (Å²) in [4.78, 5) is 24.9. The van der Waals surface area contributed by atoms with Crippen LogP contribution in [0.3, 0.4) is 0 Å². The van der Waals surface area contributed by atoms with Gasteiger partial charge in [0.1, 0.15) is 11.4 Å². The van der Waals surface area contributed by atoms with Gasteiger partial charge in [-0.25, -0.2) is 4.79 Å². The van der Waals surface area contributed by atoms with Gasteiger partial charge in [0.15, 0.2) is 0 Å². The second kappa shape index (κ2) is 4.89. The Morgan fingerprint density at radius 3 is 2.32 bits per heavy atom. The predicted octanol–water partition coefficient (Wildman–Crippen LogP) is 2.51. The first-order valence-corrected chi connectivity index (χ1v) is 6.97. The van der Waals surface area contributed by atoms with Crippen LogP contribution in [0.1, 0.15) is 31.7 Å². The third kappa shape index (κ3) is 2.47. The normalized spacial score (nSPS) is 25.3. The summed E-state index contributed by atoms with van der Waals surface area (Å²) in [6, 6.07) is 8.74. The molecule has 2 rings (SSSR count). The lowest BCUT2D eigenvalue weighted by Gasteiger charge is -2.28. The van der Waals surface area contributed by atoms with E-state index >= 15 is 0 Å². The van der Waals surface area contributed by atoms with Crippen LogP contribution in [-0.4, -0.2) is 32.7 Å². The molecule has 5 heteroatoms. The predicted molar refractivity (Wildman–Crippen MR) is 74.8 cm³/mol. The zero-order chi connectivity index (χ0) is 14.2. The highest BCUT2D eigenvalue weighted by atomic mass is 32.2. The smallest absolute Gasteiger partial charge is 0.327 e. The summed E-state index contributed by atoms with van der Waals surface area (Å²) in [7, 11) is 0. The van der Waals surface area contributed by atoms with Crippen molar-refractivity contribution in [2.75, 3.05) is 0 Å². The highest BCUT2D eigenvalue weighted by molar-refractivity contribution is 8.01. The van der Waals surface area contributed by atoms with Crippen LogP contribution in [0.2, 0.25) is 0 Å². The van der Waals surface area contributed by atoms with Crippen LogP contribution >= 0.6 is 11.8 Å². The summed E-state index contributed by atoms with van der Waals surface area (Å²) in [5.41, 5.74) is 0.958. The molecular formula is C14H17NO3S. The molecule has 1 aromatic carbocycles. The third-order valence-corrected chi connectivity index (χ3v) is 4.84. The van der Waals surface area contributed by atoms with Gasteiger partial charge in [0.25, 0.3) is 0 Å². The van der Waals surface area contributed by atoms with E-state index in [4.69, 9.17) is 0 Å². The topological polar surface area (TPSA) is 57.6 Å². The van der Waals surface area contributed by atoms with Gasteiger partial charge in [-0.3, -0.25) is 4.79 Å². The zero-order valence-electron chi connectivity index (χ0n) is 11.2. The fourth-order valence-corrected chi connectivity index (χ4v) is 4.08. The number of thioether (sulfide) groups is 1. The van der Waals surface area contributed by atoms with Crippen molar-refractivity contribution < 1.29 is 14.7 Å². The first-order valence-electron chi connectivity index (χ1n) is 6.09. The fourth-order valence-electron chi connectivity index (χ4n) is 2.49. The van der Waals surface area contributed by atoms with Crippen molar-refractivity contribution >= 4 is 23.6 Å². The van der Waals surface area contributed by atoms with Crippen molar-refractivity contribution in [1.29, 1.82) is 0 Å². The van der Waals surface area contributed by atoms with Gasteiger partial charge in [-0.05, 0) is 19.4 Å². The summed E-state index contributed by atoms with van der Waals surface area (Å²) in [6.45, 7) is 5.17. The maximum absolute atomic E-state index is 11.9. The molecule has 1 aliphatic heterocycles. The molecule has 0 aromatic heterocycles. The number of aliphatic carboxylic acids is 1. The van der Waals surface area contributed by atoms with Crippen molar-refractivity contribution in [3.63, 3.8) is 0 Å². The Bertz CT molecular complexity index is 501. The lowest BCUT2D eigenvalue weighted by molar-refractivity contribution is -0.150. The van der Waals surface area contributed by atoms with E-state index in [0.717, 1.165) is 5.56 Å². The SMILES string of the molecule is CC(=O)N1[C@@H](c2ccccc2)SC(C)(C)[C@H]1C(=O)O. The lowest BCUT2D eigenvalue weighted by Crippen LogP contribution is -2.48. The minimum Gasteiger partial charge on any atom is -0.480 e. The third-order valence-electron chi connectivity index (χ3n) is 3.29. The number of hydrogen-bond acceptors (Lipinski definition) is 3. The molecule has 1 heterocycles. The van der Waals surface area contributed by atoms with Crippen LogP contribution in [0.25, 0.3) is 0 Å². The van der Waals surface area contributed by atoms with E-state index in [1.54, 1.807) is 0 Å². The first kappa shape index (κ1) is 13.9. The van der Waals surface area contributed by atoms with E-state index in [1.165, 1.54) is 23.6 Å². The van der Waals surface area contributed by atoms with E-state index in [9.17, 15) is 14.7 Å². The Morgan fingerprint density at radius 1 is 1.26 bits per heavy atom. The monoisotopic (exact) mass is 279 g/mol. The molecule has 0 radical (unpaired) electrons. The van der Waals surface area contributed by atoms with Crippen molar-refractivity contribution in [3.05, 3.63) is 35.9 Å². The van der Waals surface area contributed by atoms with Gasteiger partial charge in [0, 0.05) is 11.7 Å². The molecule has 102 valence electrons. The average Bonchev–Trinajstić information content (AvgIpc) is 2.62. The number of carbonyl (C=O) groups is 2. The Hall–Kier alpha value is -1.49. The molecule has 0 aliphatic carbocycles. The number of amides is 1. The largest absolute Gasteiger partial charge is 0.480 e. The number of carbonyl (C=O) groups excluding carboxylic acids is 1. The van der Waals surface area contributed by atoms with E-state index < -0.39 is 16.8 Å².